The van der Waals surface area contributed by atoms with Crippen LogP contribution in [0.3, 0.4) is 0 Å². The van der Waals surface area contributed by atoms with Gasteiger partial charge in [0.15, 0.2) is 0 Å². The number of halogens is 3. The third-order valence-electron chi connectivity index (χ3n) is 1.44. The van der Waals surface area contributed by atoms with Crippen LogP contribution in [-0.2, 0) is 22.3 Å². The number of rotatable bonds is 3. The second kappa shape index (κ2) is 4.08. The van der Waals surface area contributed by atoms with Crippen LogP contribution in [0, 0.1) is 0 Å². The molecule has 0 N–H and O–H groups in total. The van der Waals surface area contributed by atoms with Gasteiger partial charge in [0, 0.05) is 18.0 Å². The number of carbonyl (C=O) groups excluding carboxylic acids is 1. The molecule has 0 saturated carbocycles. The first-order valence-electron chi connectivity index (χ1n) is 3.60. The molecule has 6 heteroatoms. The highest BCUT2D eigenvalue weighted by Gasteiger charge is 2.30. The van der Waals surface area contributed by atoms with Crippen LogP contribution in [0.2, 0.25) is 0 Å². The van der Waals surface area contributed by atoms with Crippen LogP contribution >= 0.6 is 0 Å². The molecule has 0 atom stereocenters. The molecule has 3 nitrogen and oxygen atoms in total. The van der Waals surface area contributed by atoms with E-state index in [1.165, 1.54) is 6.20 Å². The highest BCUT2D eigenvalue weighted by Crippen LogP contribution is 2.28. The van der Waals surface area contributed by atoms with Crippen LogP contribution in [0.25, 0.3) is 0 Å². The molecule has 0 fully saturated rings. The summed E-state index contributed by atoms with van der Waals surface area (Å²) in [6.07, 6.45) is -2.51. The molecule has 0 aliphatic heterocycles. The van der Waals surface area contributed by atoms with E-state index in [1.807, 2.05) is 0 Å². The standard InChI is InChI=1S/C8H6F3NO2/c9-8(10,11)7-1-6(2-12-3-7)4-14-5-13/h1-3,5H,4H2. The van der Waals surface area contributed by atoms with E-state index in [-0.39, 0.29) is 18.6 Å². The number of carbonyl (C=O) groups is 1. The smallest absolute Gasteiger partial charge is 0.417 e. The molecule has 14 heavy (non-hydrogen) atoms. The van der Waals surface area contributed by atoms with Crippen molar-refractivity contribution >= 4 is 6.47 Å². The summed E-state index contributed by atoms with van der Waals surface area (Å²) in [5, 5.41) is 0. The number of pyridine rings is 1. The predicted octanol–water partition coefficient (Wildman–Crippen LogP) is 1.77. The van der Waals surface area contributed by atoms with E-state index in [2.05, 4.69) is 9.72 Å². The Morgan fingerprint density at radius 1 is 1.43 bits per heavy atom. The van der Waals surface area contributed by atoms with Gasteiger partial charge in [-0.05, 0) is 6.07 Å². The fourth-order valence-electron chi connectivity index (χ4n) is 0.852. The van der Waals surface area contributed by atoms with Gasteiger partial charge < -0.3 is 4.74 Å². The van der Waals surface area contributed by atoms with E-state index in [4.69, 9.17) is 0 Å². The van der Waals surface area contributed by atoms with Gasteiger partial charge in [-0.3, -0.25) is 9.78 Å². The van der Waals surface area contributed by atoms with Gasteiger partial charge in [0.25, 0.3) is 6.47 Å². The highest BCUT2D eigenvalue weighted by atomic mass is 19.4. The minimum Gasteiger partial charge on any atom is -0.463 e. The average molecular weight is 205 g/mol. The lowest BCUT2D eigenvalue weighted by Crippen LogP contribution is -2.06. The minimum absolute atomic E-state index is 0.167. The molecule has 0 unspecified atom stereocenters. The maximum Gasteiger partial charge on any atom is 0.417 e. The zero-order valence-electron chi connectivity index (χ0n) is 6.91. The largest absolute Gasteiger partial charge is 0.463 e. The van der Waals surface area contributed by atoms with E-state index in [9.17, 15) is 18.0 Å². The number of ether oxygens (including phenoxy) is 1. The SMILES string of the molecule is O=COCc1cncc(C(F)(F)F)c1. The fourth-order valence-corrected chi connectivity index (χ4v) is 0.852. The van der Waals surface area contributed by atoms with Crippen molar-refractivity contribution in [2.45, 2.75) is 12.8 Å². The van der Waals surface area contributed by atoms with E-state index < -0.39 is 11.7 Å². The number of nitrogens with zero attached hydrogens (tertiary/aromatic N) is 1. The quantitative estimate of drug-likeness (QED) is 0.706. The number of aromatic nitrogens is 1. The summed E-state index contributed by atoms with van der Waals surface area (Å²) in [6.45, 7) is -0.0410. The van der Waals surface area contributed by atoms with Gasteiger partial charge in [-0.1, -0.05) is 0 Å². The lowest BCUT2D eigenvalue weighted by molar-refractivity contribution is -0.137. The molecule has 0 aliphatic carbocycles. The summed E-state index contributed by atoms with van der Waals surface area (Å²) in [6, 6.07) is 0.885. The molecule has 0 spiro atoms. The van der Waals surface area contributed by atoms with Crippen molar-refractivity contribution in [3.05, 3.63) is 29.6 Å². The average Bonchev–Trinajstić information content (AvgIpc) is 2.14. The first-order valence-corrected chi connectivity index (χ1v) is 3.60. The summed E-state index contributed by atoms with van der Waals surface area (Å²) in [5.74, 6) is 0. The Hall–Kier alpha value is -1.59. The highest BCUT2D eigenvalue weighted by molar-refractivity contribution is 5.37. The molecule has 0 radical (unpaired) electrons. The van der Waals surface area contributed by atoms with Crippen molar-refractivity contribution in [2.75, 3.05) is 0 Å². The van der Waals surface area contributed by atoms with Crippen molar-refractivity contribution in [1.29, 1.82) is 0 Å². The Labute approximate surface area is 77.5 Å². The van der Waals surface area contributed by atoms with Gasteiger partial charge in [0.1, 0.15) is 6.61 Å². The molecular weight excluding hydrogens is 199 g/mol. The summed E-state index contributed by atoms with van der Waals surface area (Å²) in [4.78, 5) is 13.2. The molecule has 0 aliphatic rings. The maximum absolute atomic E-state index is 12.1. The molecule has 0 saturated heterocycles. The van der Waals surface area contributed by atoms with Crippen molar-refractivity contribution in [2.24, 2.45) is 0 Å². The summed E-state index contributed by atoms with van der Waals surface area (Å²) in [5.41, 5.74) is -0.656. The molecule has 0 bridgehead atoms. The Morgan fingerprint density at radius 2 is 2.14 bits per heavy atom. The molecule has 1 rings (SSSR count). The number of hydrogen-bond acceptors (Lipinski definition) is 3. The van der Waals surface area contributed by atoms with Crippen molar-refractivity contribution in [1.82, 2.24) is 4.98 Å². The van der Waals surface area contributed by atoms with Gasteiger partial charge in [-0.2, -0.15) is 13.2 Å². The Balaban J connectivity index is 2.84. The number of alkyl halides is 3. The second-order valence-electron chi connectivity index (χ2n) is 2.49. The Bertz CT molecular complexity index is 325. The van der Waals surface area contributed by atoms with E-state index >= 15 is 0 Å². The minimum atomic E-state index is -4.43. The molecular formula is C8H6F3NO2. The summed E-state index contributed by atoms with van der Waals surface area (Å²) >= 11 is 0. The van der Waals surface area contributed by atoms with Crippen LogP contribution in [0.1, 0.15) is 11.1 Å². The predicted molar refractivity (Wildman–Crippen MR) is 40.1 cm³/mol. The van der Waals surface area contributed by atoms with Crippen LogP contribution in [-0.4, -0.2) is 11.5 Å². The van der Waals surface area contributed by atoms with Gasteiger partial charge in [-0.25, -0.2) is 0 Å². The van der Waals surface area contributed by atoms with Crippen LogP contribution < -0.4 is 0 Å². The van der Waals surface area contributed by atoms with E-state index in [0.29, 0.717) is 6.20 Å². The molecule has 0 aromatic carbocycles. The van der Waals surface area contributed by atoms with Crippen molar-refractivity contribution in [3.63, 3.8) is 0 Å². The zero-order valence-corrected chi connectivity index (χ0v) is 6.91. The van der Waals surface area contributed by atoms with Crippen LogP contribution in [0.4, 0.5) is 13.2 Å². The van der Waals surface area contributed by atoms with E-state index in [0.717, 1.165) is 6.07 Å². The second-order valence-corrected chi connectivity index (χ2v) is 2.49. The van der Waals surface area contributed by atoms with Crippen LogP contribution in [0.15, 0.2) is 18.5 Å². The van der Waals surface area contributed by atoms with Crippen molar-refractivity contribution < 1.29 is 22.7 Å². The molecule has 1 heterocycles. The Morgan fingerprint density at radius 3 is 2.71 bits per heavy atom. The fraction of sp³-hybridized carbons (Fsp3) is 0.250. The molecule has 0 amide bonds. The third kappa shape index (κ3) is 2.72. The molecule has 1 aromatic rings. The molecule has 76 valence electrons. The van der Waals surface area contributed by atoms with Crippen molar-refractivity contribution in [3.8, 4) is 0 Å². The normalized spacial score (nSPS) is 11.1. The van der Waals surface area contributed by atoms with Crippen LogP contribution in [0.5, 0.6) is 0 Å². The maximum atomic E-state index is 12.1. The van der Waals surface area contributed by atoms with Gasteiger partial charge in [0.05, 0.1) is 5.56 Å². The molecule has 1 aromatic heterocycles. The lowest BCUT2D eigenvalue weighted by Gasteiger charge is -2.06. The summed E-state index contributed by atoms with van der Waals surface area (Å²) < 4.78 is 40.7. The number of hydrogen-bond donors (Lipinski definition) is 0. The third-order valence-corrected chi connectivity index (χ3v) is 1.44. The first kappa shape index (κ1) is 10.5. The monoisotopic (exact) mass is 205 g/mol. The topological polar surface area (TPSA) is 39.2 Å². The summed E-state index contributed by atoms with van der Waals surface area (Å²) in [7, 11) is 0. The van der Waals surface area contributed by atoms with Gasteiger partial charge in [-0.15, -0.1) is 0 Å². The van der Waals surface area contributed by atoms with Gasteiger partial charge >= 0.3 is 6.18 Å². The Kier molecular flexibility index (Phi) is 3.06. The van der Waals surface area contributed by atoms with E-state index in [1.54, 1.807) is 0 Å². The first-order chi connectivity index (χ1) is 6.54. The lowest BCUT2D eigenvalue weighted by atomic mass is 10.2. The van der Waals surface area contributed by atoms with Gasteiger partial charge in [0.2, 0.25) is 0 Å². The zero-order chi connectivity index (χ0) is 10.6.